The monoisotopic (exact) mass is 385 g/mol. The number of carbonyl (C=O) groups excluding carboxylic acids is 2. The summed E-state index contributed by atoms with van der Waals surface area (Å²) in [5.41, 5.74) is 6.38. The third kappa shape index (κ3) is 4.50. The molecular weight excluding hydrogens is 362 g/mol. The Balaban J connectivity index is 2.09. The van der Waals surface area contributed by atoms with E-state index in [4.69, 9.17) is 31.5 Å². The Morgan fingerprint density at radius 1 is 1.38 bits per heavy atom. The van der Waals surface area contributed by atoms with Gasteiger partial charge in [-0.3, -0.25) is 4.79 Å². The van der Waals surface area contributed by atoms with Crippen molar-refractivity contribution in [3.63, 3.8) is 0 Å². The van der Waals surface area contributed by atoms with Gasteiger partial charge < -0.3 is 30.2 Å². The molecule has 1 aliphatic rings. The number of carbonyl (C=O) groups is 2. The van der Waals surface area contributed by atoms with E-state index in [0.29, 0.717) is 36.9 Å². The topological polar surface area (TPSA) is 103 Å². The van der Waals surface area contributed by atoms with Crippen LogP contribution >= 0.6 is 11.6 Å². The zero-order chi connectivity index (χ0) is 19.3. The Hall–Kier alpha value is -2.19. The number of nitrogens with zero attached hydrogens (tertiary/aromatic N) is 1. The van der Waals surface area contributed by atoms with E-state index in [1.807, 2.05) is 0 Å². The number of nitrogen functional groups attached to an aromatic ring is 1. The number of nitrogens with one attached hydrogen (secondary N) is 1. The van der Waals surface area contributed by atoms with Crippen LogP contribution in [0, 0.1) is 0 Å². The standard InChI is InChI=1S/C17H24ClN3O5/c1-4-26-17(23)21-6-5-13(15(9-21)25-3)20-16(22)10-7-12(19)11(18)8-14(10)24-2/h7-8,13,15H,4-6,9,19H2,1-3H3,(H,20,22)/t13-,15+/m1/s1. The fraction of sp³-hybridized carbons (Fsp3) is 0.529. The minimum atomic E-state index is -0.383. The van der Waals surface area contributed by atoms with Gasteiger partial charge in [0.2, 0.25) is 0 Å². The summed E-state index contributed by atoms with van der Waals surface area (Å²) in [7, 11) is 2.99. The summed E-state index contributed by atoms with van der Waals surface area (Å²) in [6.07, 6.45) is -0.201. The second-order valence-electron chi connectivity index (χ2n) is 5.86. The number of ether oxygens (including phenoxy) is 3. The number of piperidine rings is 1. The number of hydrogen-bond acceptors (Lipinski definition) is 6. The molecule has 1 aromatic rings. The Labute approximate surface area is 157 Å². The molecule has 1 saturated heterocycles. The zero-order valence-corrected chi connectivity index (χ0v) is 15.8. The normalized spacial score (nSPS) is 19.8. The Morgan fingerprint density at radius 2 is 2.12 bits per heavy atom. The molecule has 1 heterocycles. The van der Waals surface area contributed by atoms with Crippen molar-refractivity contribution in [3.05, 3.63) is 22.7 Å². The van der Waals surface area contributed by atoms with Crippen molar-refractivity contribution >= 4 is 29.3 Å². The number of halogens is 1. The van der Waals surface area contributed by atoms with Crippen LogP contribution in [0.5, 0.6) is 5.75 Å². The number of hydrogen-bond donors (Lipinski definition) is 2. The van der Waals surface area contributed by atoms with Crippen LogP contribution < -0.4 is 15.8 Å². The van der Waals surface area contributed by atoms with Crippen molar-refractivity contribution in [1.82, 2.24) is 10.2 Å². The lowest BCUT2D eigenvalue weighted by atomic mass is 10.0. The van der Waals surface area contributed by atoms with Crippen molar-refractivity contribution in [1.29, 1.82) is 0 Å². The molecule has 0 radical (unpaired) electrons. The molecule has 1 aliphatic heterocycles. The van der Waals surface area contributed by atoms with E-state index >= 15 is 0 Å². The molecule has 0 saturated carbocycles. The molecule has 26 heavy (non-hydrogen) atoms. The van der Waals surface area contributed by atoms with Gasteiger partial charge in [0.1, 0.15) is 5.75 Å². The van der Waals surface area contributed by atoms with Crippen LogP contribution in [-0.4, -0.2) is 63.0 Å². The molecular formula is C17H24ClN3O5. The largest absolute Gasteiger partial charge is 0.496 e. The lowest BCUT2D eigenvalue weighted by molar-refractivity contribution is 0.00453. The maximum atomic E-state index is 12.7. The highest BCUT2D eigenvalue weighted by molar-refractivity contribution is 6.33. The molecule has 2 amide bonds. The number of methoxy groups -OCH3 is 2. The number of anilines is 1. The van der Waals surface area contributed by atoms with Gasteiger partial charge in [-0.05, 0) is 19.4 Å². The van der Waals surface area contributed by atoms with Crippen molar-refractivity contribution in [3.8, 4) is 5.75 Å². The SMILES string of the molecule is CCOC(=O)N1CC[C@@H](NC(=O)c2cc(N)c(Cl)cc2OC)[C@@H](OC)C1. The molecule has 0 unspecified atom stereocenters. The summed E-state index contributed by atoms with van der Waals surface area (Å²) in [6.45, 7) is 2.86. The number of benzene rings is 1. The fourth-order valence-electron chi connectivity index (χ4n) is 2.87. The van der Waals surface area contributed by atoms with Gasteiger partial charge in [-0.2, -0.15) is 0 Å². The van der Waals surface area contributed by atoms with Crippen LogP contribution in [0.2, 0.25) is 5.02 Å². The van der Waals surface area contributed by atoms with Gasteiger partial charge in [0.15, 0.2) is 0 Å². The smallest absolute Gasteiger partial charge is 0.409 e. The molecule has 9 heteroatoms. The highest BCUT2D eigenvalue weighted by Crippen LogP contribution is 2.29. The Morgan fingerprint density at radius 3 is 2.73 bits per heavy atom. The minimum absolute atomic E-state index is 0.264. The lowest BCUT2D eigenvalue weighted by Crippen LogP contribution is -2.56. The summed E-state index contributed by atoms with van der Waals surface area (Å²) in [5.74, 6) is -0.0125. The van der Waals surface area contributed by atoms with Gasteiger partial charge in [0, 0.05) is 19.7 Å². The molecule has 8 nitrogen and oxygen atoms in total. The first-order valence-electron chi connectivity index (χ1n) is 8.29. The van der Waals surface area contributed by atoms with Crippen LogP contribution in [0.4, 0.5) is 10.5 Å². The summed E-state index contributed by atoms with van der Waals surface area (Å²) >= 11 is 5.97. The van der Waals surface area contributed by atoms with Crippen LogP contribution in [0.15, 0.2) is 12.1 Å². The average molecular weight is 386 g/mol. The van der Waals surface area contributed by atoms with Crippen LogP contribution in [0.25, 0.3) is 0 Å². The Bertz CT molecular complexity index is 670. The molecule has 0 bridgehead atoms. The van der Waals surface area contributed by atoms with Gasteiger partial charge in [-0.25, -0.2) is 4.79 Å². The van der Waals surface area contributed by atoms with Crippen molar-refractivity contribution in [2.24, 2.45) is 0 Å². The predicted octanol–water partition coefficient (Wildman–Crippen LogP) is 1.91. The van der Waals surface area contributed by atoms with E-state index in [9.17, 15) is 9.59 Å². The summed E-state index contributed by atoms with van der Waals surface area (Å²) in [4.78, 5) is 26.1. The average Bonchev–Trinajstić information content (AvgIpc) is 2.63. The quantitative estimate of drug-likeness (QED) is 0.750. The van der Waals surface area contributed by atoms with E-state index < -0.39 is 0 Å². The predicted molar refractivity (Wildman–Crippen MR) is 97.7 cm³/mol. The number of nitrogens with two attached hydrogens (primary N) is 1. The second-order valence-corrected chi connectivity index (χ2v) is 6.27. The maximum Gasteiger partial charge on any atom is 0.409 e. The fourth-order valence-corrected chi connectivity index (χ4v) is 3.02. The van der Waals surface area contributed by atoms with Gasteiger partial charge in [0.05, 0.1) is 48.7 Å². The minimum Gasteiger partial charge on any atom is -0.496 e. The van der Waals surface area contributed by atoms with Crippen molar-refractivity contribution < 1.29 is 23.8 Å². The molecule has 144 valence electrons. The Kier molecular flexibility index (Phi) is 6.93. The van der Waals surface area contributed by atoms with Gasteiger partial charge in [0.25, 0.3) is 5.91 Å². The third-order valence-corrected chi connectivity index (χ3v) is 4.60. The highest BCUT2D eigenvalue weighted by Gasteiger charge is 2.33. The molecule has 1 fully saturated rings. The first kappa shape index (κ1) is 20.1. The summed E-state index contributed by atoms with van der Waals surface area (Å²) in [5, 5.41) is 3.24. The van der Waals surface area contributed by atoms with Gasteiger partial charge in [-0.1, -0.05) is 11.6 Å². The highest BCUT2D eigenvalue weighted by atomic mass is 35.5. The van der Waals surface area contributed by atoms with Gasteiger partial charge in [-0.15, -0.1) is 0 Å². The molecule has 0 aromatic heterocycles. The van der Waals surface area contributed by atoms with E-state index in [-0.39, 0.29) is 35.4 Å². The lowest BCUT2D eigenvalue weighted by Gasteiger charge is -2.37. The third-order valence-electron chi connectivity index (χ3n) is 4.27. The molecule has 2 atom stereocenters. The van der Waals surface area contributed by atoms with E-state index in [1.54, 1.807) is 18.9 Å². The van der Waals surface area contributed by atoms with E-state index in [2.05, 4.69) is 5.32 Å². The van der Waals surface area contributed by atoms with Crippen molar-refractivity contribution in [2.45, 2.75) is 25.5 Å². The first-order valence-corrected chi connectivity index (χ1v) is 8.67. The number of rotatable bonds is 5. The number of likely N-dealkylation sites (tertiary alicyclic amines) is 1. The van der Waals surface area contributed by atoms with Crippen LogP contribution in [0.1, 0.15) is 23.7 Å². The number of amides is 2. The summed E-state index contributed by atoms with van der Waals surface area (Å²) < 4.78 is 15.7. The molecule has 2 rings (SSSR count). The molecule has 0 spiro atoms. The molecule has 3 N–H and O–H groups in total. The summed E-state index contributed by atoms with van der Waals surface area (Å²) in [6, 6.07) is 2.72. The second kappa shape index (κ2) is 8.95. The first-order chi connectivity index (χ1) is 12.4. The molecule has 0 aliphatic carbocycles. The van der Waals surface area contributed by atoms with Crippen LogP contribution in [-0.2, 0) is 9.47 Å². The van der Waals surface area contributed by atoms with E-state index in [1.165, 1.54) is 19.2 Å². The van der Waals surface area contributed by atoms with Gasteiger partial charge >= 0.3 is 6.09 Å². The molecule has 1 aromatic carbocycles. The van der Waals surface area contributed by atoms with Crippen molar-refractivity contribution in [2.75, 3.05) is 39.6 Å². The van der Waals surface area contributed by atoms with Crippen LogP contribution in [0.3, 0.4) is 0 Å². The zero-order valence-electron chi connectivity index (χ0n) is 15.1. The van der Waals surface area contributed by atoms with E-state index in [0.717, 1.165) is 0 Å². The maximum absolute atomic E-state index is 12.7.